The molecule has 4 nitrogen and oxygen atoms in total. The van der Waals surface area contributed by atoms with Gasteiger partial charge in [-0.2, -0.15) is 0 Å². The van der Waals surface area contributed by atoms with Crippen molar-refractivity contribution in [2.75, 3.05) is 25.6 Å². The van der Waals surface area contributed by atoms with Crippen molar-refractivity contribution in [3.8, 4) is 5.75 Å². The standard InChI is InChI=1S/C21H25ClN2O2S/c1-15-8-9-17(12-20(15)22)23-21(27)24(14-19-7-4-10-26-19)13-16-5-3-6-18(11-16)25-2/h3,5-6,8-9,11-12,19H,4,7,10,13-14H2,1-2H3,(H,23,27). The van der Waals surface area contributed by atoms with E-state index in [1.54, 1.807) is 7.11 Å². The number of hydrogen-bond donors (Lipinski definition) is 1. The predicted octanol–water partition coefficient (Wildman–Crippen LogP) is 5.04. The summed E-state index contributed by atoms with van der Waals surface area (Å²) in [5.41, 5.74) is 3.07. The summed E-state index contributed by atoms with van der Waals surface area (Å²) in [6.45, 7) is 4.24. The third-order valence-electron chi connectivity index (χ3n) is 4.67. The first-order chi connectivity index (χ1) is 13.0. The van der Waals surface area contributed by atoms with Crippen LogP contribution < -0.4 is 10.1 Å². The summed E-state index contributed by atoms with van der Waals surface area (Å²) in [7, 11) is 1.68. The molecule has 0 saturated carbocycles. The number of nitrogens with zero attached hydrogens (tertiary/aromatic N) is 1. The van der Waals surface area contributed by atoms with Gasteiger partial charge in [0.05, 0.1) is 13.2 Å². The highest BCUT2D eigenvalue weighted by Gasteiger charge is 2.21. The molecular formula is C21H25ClN2O2S. The van der Waals surface area contributed by atoms with Gasteiger partial charge in [-0.1, -0.05) is 29.8 Å². The van der Waals surface area contributed by atoms with Crippen molar-refractivity contribution >= 4 is 34.6 Å². The van der Waals surface area contributed by atoms with Gasteiger partial charge in [-0.05, 0) is 67.4 Å². The lowest BCUT2D eigenvalue weighted by molar-refractivity contribution is 0.0905. The van der Waals surface area contributed by atoms with Crippen LogP contribution in [0.5, 0.6) is 5.75 Å². The maximum absolute atomic E-state index is 6.25. The molecule has 0 spiro atoms. The Balaban J connectivity index is 1.74. The van der Waals surface area contributed by atoms with Gasteiger partial charge in [0.25, 0.3) is 0 Å². The molecule has 0 aliphatic carbocycles. The predicted molar refractivity (Wildman–Crippen MR) is 115 cm³/mol. The number of rotatable bonds is 6. The van der Waals surface area contributed by atoms with Gasteiger partial charge in [0.15, 0.2) is 5.11 Å². The molecular weight excluding hydrogens is 380 g/mol. The van der Waals surface area contributed by atoms with E-state index >= 15 is 0 Å². The smallest absolute Gasteiger partial charge is 0.173 e. The number of thiocarbonyl (C=S) groups is 1. The van der Waals surface area contributed by atoms with E-state index in [0.29, 0.717) is 11.7 Å². The first kappa shape index (κ1) is 19.9. The Labute approximate surface area is 171 Å². The van der Waals surface area contributed by atoms with Crippen LogP contribution in [-0.2, 0) is 11.3 Å². The van der Waals surface area contributed by atoms with Gasteiger partial charge in [-0.25, -0.2) is 0 Å². The van der Waals surface area contributed by atoms with Crippen LogP contribution in [-0.4, -0.2) is 36.4 Å². The molecule has 1 heterocycles. The maximum Gasteiger partial charge on any atom is 0.173 e. The number of nitrogens with one attached hydrogen (secondary N) is 1. The molecule has 144 valence electrons. The second-order valence-corrected chi connectivity index (χ2v) is 7.56. The van der Waals surface area contributed by atoms with E-state index in [1.165, 1.54) is 0 Å². The fraction of sp³-hybridized carbons (Fsp3) is 0.381. The van der Waals surface area contributed by atoms with Crippen LogP contribution in [0, 0.1) is 6.92 Å². The minimum Gasteiger partial charge on any atom is -0.497 e. The van der Waals surface area contributed by atoms with Crippen LogP contribution in [0.25, 0.3) is 0 Å². The van der Waals surface area contributed by atoms with Gasteiger partial charge in [0, 0.05) is 30.4 Å². The van der Waals surface area contributed by atoms with Crippen LogP contribution in [0.15, 0.2) is 42.5 Å². The molecule has 1 saturated heterocycles. The zero-order chi connectivity index (χ0) is 19.2. The molecule has 1 fully saturated rings. The Bertz CT molecular complexity index is 794. The molecule has 0 amide bonds. The number of aryl methyl sites for hydroxylation is 1. The molecule has 1 N–H and O–H groups in total. The largest absolute Gasteiger partial charge is 0.497 e. The molecule has 1 atom stereocenters. The second-order valence-electron chi connectivity index (χ2n) is 6.76. The quantitative estimate of drug-likeness (QED) is 0.682. The lowest BCUT2D eigenvalue weighted by Gasteiger charge is -2.28. The van der Waals surface area contributed by atoms with Gasteiger partial charge in [0.2, 0.25) is 0 Å². The summed E-state index contributed by atoms with van der Waals surface area (Å²) in [6, 6.07) is 13.9. The van der Waals surface area contributed by atoms with Gasteiger partial charge >= 0.3 is 0 Å². The summed E-state index contributed by atoms with van der Waals surface area (Å²) in [5, 5.41) is 4.70. The van der Waals surface area contributed by atoms with E-state index in [2.05, 4.69) is 16.3 Å². The molecule has 0 bridgehead atoms. The van der Waals surface area contributed by atoms with E-state index < -0.39 is 0 Å². The summed E-state index contributed by atoms with van der Waals surface area (Å²) >= 11 is 12.0. The zero-order valence-electron chi connectivity index (χ0n) is 15.7. The third kappa shape index (κ3) is 5.58. The fourth-order valence-corrected chi connectivity index (χ4v) is 3.56. The average Bonchev–Trinajstić information content (AvgIpc) is 3.17. The van der Waals surface area contributed by atoms with Crippen LogP contribution in [0.1, 0.15) is 24.0 Å². The summed E-state index contributed by atoms with van der Waals surface area (Å²) < 4.78 is 11.2. The lowest BCUT2D eigenvalue weighted by Crippen LogP contribution is -2.39. The first-order valence-corrected chi connectivity index (χ1v) is 9.90. The van der Waals surface area contributed by atoms with E-state index in [1.807, 2.05) is 43.3 Å². The maximum atomic E-state index is 6.25. The SMILES string of the molecule is COc1cccc(CN(CC2CCCO2)C(=S)Nc2ccc(C)c(Cl)c2)c1. The average molecular weight is 405 g/mol. The number of methoxy groups -OCH3 is 1. The number of hydrogen-bond acceptors (Lipinski definition) is 3. The molecule has 2 aromatic rings. The van der Waals surface area contributed by atoms with Crippen LogP contribution in [0.2, 0.25) is 5.02 Å². The van der Waals surface area contributed by atoms with Gasteiger partial charge in [0.1, 0.15) is 5.75 Å². The van der Waals surface area contributed by atoms with Crippen molar-refractivity contribution in [1.29, 1.82) is 0 Å². The minimum absolute atomic E-state index is 0.206. The number of benzene rings is 2. The molecule has 0 aromatic heterocycles. The van der Waals surface area contributed by atoms with Gasteiger partial charge in [-0.3, -0.25) is 0 Å². The van der Waals surface area contributed by atoms with Crippen molar-refractivity contribution in [3.63, 3.8) is 0 Å². The minimum atomic E-state index is 0.206. The number of ether oxygens (including phenoxy) is 2. The van der Waals surface area contributed by atoms with E-state index in [-0.39, 0.29) is 6.10 Å². The summed E-state index contributed by atoms with van der Waals surface area (Å²) in [6.07, 6.45) is 2.37. The Kier molecular flexibility index (Phi) is 6.94. The first-order valence-electron chi connectivity index (χ1n) is 9.12. The van der Waals surface area contributed by atoms with Crippen LogP contribution in [0.3, 0.4) is 0 Å². The molecule has 27 heavy (non-hydrogen) atoms. The highest BCUT2D eigenvalue weighted by molar-refractivity contribution is 7.80. The zero-order valence-corrected chi connectivity index (χ0v) is 17.3. The van der Waals surface area contributed by atoms with Crippen molar-refractivity contribution < 1.29 is 9.47 Å². The van der Waals surface area contributed by atoms with Crippen molar-refractivity contribution in [2.24, 2.45) is 0 Å². The monoisotopic (exact) mass is 404 g/mol. The normalized spacial score (nSPS) is 16.2. The van der Waals surface area contributed by atoms with E-state index in [9.17, 15) is 0 Å². The summed E-state index contributed by atoms with van der Waals surface area (Å²) in [4.78, 5) is 2.15. The molecule has 1 aliphatic rings. The highest BCUT2D eigenvalue weighted by atomic mass is 35.5. The third-order valence-corrected chi connectivity index (χ3v) is 5.43. The highest BCUT2D eigenvalue weighted by Crippen LogP contribution is 2.22. The molecule has 1 unspecified atom stereocenters. The molecule has 2 aromatic carbocycles. The Morgan fingerprint density at radius 2 is 2.19 bits per heavy atom. The van der Waals surface area contributed by atoms with E-state index in [0.717, 1.165) is 53.6 Å². The summed E-state index contributed by atoms with van der Waals surface area (Å²) in [5.74, 6) is 0.841. The molecule has 6 heteroatoms. The fourth-order valence-electron chi connectivity index (χ4n) is 3.12. The topological polar surface area (TPSA) is 33.7 Å². The van der Waals surface area contributed by atoms with Crippen LogP contribution in [0.4, 0.5) is 5.69 Å². The van der Waals surface area contributed by atoms with Crippen molar-refractivity contribution in [1.82, 2.24) is 4.90 Å². The number of anilines is 1. The molecule has 1 aliphatic heterocycles. The van der Waals surface area contributed by atoms with Crippen molar-refractivity contribution in [2.45, 2.75) is 32.4 Å². The molecule has 0 radical (unpaired) electrons. The Hall–Kier alpha value is -1.82. The molecule has 3 rings (SSSR count). The number of halogens is 1. The second kappa shape index (κ2) is 9.40. The lowest BCUT2D eigenvalue weighted by atomic mass is 10.2. The Morgan fingerprint density at radius 1 is 1.33 bits per heavy atom. The van der Waals surface area contributed by atoms with Crippen molar-refractivity contribution in [3.05, 3.63) is 58.6 Å². The Morgan fingerprint density at radius 3 is 2.89 bits per heavy atom. The van der Waals surface area contributed by atoms with Gasteiger partial charge in [-0.15, -0.1) is 0 Å². The van der Waals surface area contributed by atoms with Crippen LogP contribution >= 0.6 is 23.8 Å². The van der Waals surface area contributed by atoms with E-state index in [4.69, 9.17) is 33.3 Å². The van der Waals surface area contributed by atoms with Gasteiger partial charge < -0.3 is 19.7 Å².